The van der Waals surface area contributed by atoms with Gasteiger partial charge in [0.15, 0.2) is 11.6 Å². The Hall–Kier alpha value is -5.47. The maximum atomic E-state index is 13.5. The Morgan fingerprint density at radius 1 is 1.12 bits per heavy atom. The van der Waals surface area contributed by atoms with E-state index in [1.807, 2.05) is 4.90 Å². The molecule has 2 aromatic heterocycles. The number of rotatable bonds is 8. The molecule has 1 aliphatic heterocycles. The number of hydrogen-bond donors (Lipinski definition) is 3. The van der Waals surface area contributed by atoms with Crippen LogP contribution in [0.1, 0.15) is 5.56 Å². The maximum absolute atomic E-state index is 13.5. The topological polar surface area (TPSA) is 155 Å². The number of nitrogen functional groups attached to an aromatic ring is 1. The predicted molar refractivity (Wildman–Crippen MR) is 153 cm³/mol. The molecule has 1 saturated heterocycles. The van der Waals surface area contributed by atoms with Gasteiger partial charge in [0.05, 0.1) is 16.9 Å². The molecule has 1 fully saturated rings. The highest BCUT2D eigenvalue weighted by molar-refractivity contribution is 5.89. The molecule has 1 aliphatic rings. The van der Waals surface area contributed by atoms with Gasteiger partial charge in [-0.25, -0.2) is 20.5 Å². The van der Waals surface area contributed by atoms with Crippen LogP contribution in [0.15, 0.2) is 66.6 Å². The summed E-state index contributed by atoms with van der Waals surface area (Å²) in [5.41, 5.74) is 14.6. The van der Waals surface area contributed by atoms with E-state index in [4.69, 9.17) is 21.0 Å². The number of carbonyl (C=O) groups excluding carboxylic acids is 1. The molecular formula is C28H26F3N9O3. The smallest absolute Gasteiger partial charge is 0.457 e. The average molecular weight is 594 g/mol. The van der Waals surface area contributed by atoms with Gasteiger partial charge in [-0.15, -0.1) is 13.2 Å². The van der Waals surface area contributed by atoms with Crippen molar-refractivity contribution < 1.29 is 27.4 Å². The molecule has 1 amide bonds. The fourth-order valence-corrected chi connectivity index (χ4v) is 4.51. The third-order valence-electron chi connectivity index (χ3n) is 6.66. The SMILES string of the molecule is C=CC(=O)N1CCN(c2ccc3ncnc(Nc4cc(C)c(Oc5ccc(N)c(N=N)c5)cc4OC(F)(F)F)c3n2)CC1. The fourth-order valence-electron chi connectivity index (χ4n) is 4.51. The molecule has 0 saturated carbocycles. The minimum atomic E-state index is -5.00. The van der Waals surface area contributed by atoms with E-state index in [1.54, 1.807) is 24.0 Å². The van der Waals surface area contributed by atoms with E-state index in [9.17, 15) is 18.0 Å². The standard InChI is InChI=1S/C28H26F3N9O3/c1-3-25(41)40-10-8-39(9-11-40)24-7-6-19-26(37-24)27(35-15-34-19)36-21-12-16(2)22(14-23(21)43-28(29,30)31)42-17-4-5-18(32)20(13-17)38-33/h3-7,12-15,33H,1,8-11,32H2,2H3,(H,34,35,36). The summed E-state index contributed by atoms with van der Waals surface area (Å²) in [6, 6.07) is 10.4. The summed E-state index contributed by atoms with van der Waals surface area (Å²) in [5.74, 6) is 0.344. The number of hydrogen-bond acceptors (Lipinski definition) is 11. The first-order valence-electron chi connectivity index (χ1n) is 12.9. The number of carbonyl (C=O) groups is 1. The number of aromatic nitrogens is 3. The Kier molecular flexibility index (Phi) is 7.96. The molecule has 222 valence electrons. The summed E-state index contributed by atoms with van der Waals surface area (Å²) in [4.78, 5) is 28.8. The Morgan fingerprint density at radius 2 is 1.88 bits per heavy atom. The van der Waals surface area contributed by atoms with Crippen LogP contribution in [-0.4, -0.2) is 58.3 Å². The molecule has 0 radical (unpaired) electrons. The summed E-state index contributed by atoms with van der Waals surface area (Å²) in [7, 11) is 0. The molecule has 0 spiro atoms. The molecule has 5 rings (SSSR count). The number of piperazine rings is 1. The van der Waals surface area contributed by atoms with Crippen molar-refractivity contribution in [3.63, 3.8) is 0 Å². The molecular weight excluding hydrogens is 567 g/mol. The zero-order valence-corrected chi connectivity index (χ0v) is 22.9. The number of alkyl halides is 3. The van der Waals surface area contributed by atoms with Crippen LogP contribution in [0.2, 0.25) is 0 Å². The van der Waals surface area contributed by atoms with Crippen LogP contribution >= 0.6 is 0 Å². The van der Waals surface area contributed by atoms with Crippen molar-refractivity contribution in [3.8, 4) is 17.2 Å². The van der Waals surface area contributed by atoms with Gasteiger partial charge in [-0.2, -0.15) is 5.11 Å². The molecule has 0 bridgehead atoms. The number of nitrogens with two attached hydrogens (primary N) is 1. The van der Waals surface area contributed by atoms with Crippen molar-refractivity contribution in [3.05, 3.63) is 67.0 Å². The highest BCUT2D eigenvalue weighted by atomic mass is 19.4. The molecule has 43 heavy (non-hydrogen) atoms. The van der Waals surface area contributed by atoms with E-state index in [2.05, 4.69) is 31.7 Å². The lowest BCUT2D eigenvalue weighted by Crippen LogP contribution is -2.48. The zero-order valence-electron chi connectivity index (χ0n) is 22.9. The highest BCUT2D eigenvalue weighted by Crippen LogP contribution is 2.40. The van der Waals surface area contributed by atoms with Crippen LogP contribution in [0.4, 0.5) is 41.9 Å². The number of ether oxygens (including phenoxy) is 2. The number of halogens is 3. The lowest BCUT2D eigenvalue weighted by molar-refractivity contribution is -0.274. The third kappa shape index (κ3) is 6.55. The van der Waals surface area contributed by atoms with Gasteiger partial charge in [-0.05, 0) is 48.9 Å². The van der Waals surface area contributed by atoms with Gasteiger partial charge in [0.1, 0.15) is 34.8 Å². The fraction of sp³-hybridized carbons (Fsp3) is 0.214. The second kappa shape index (κ2) is 11.8. The third-order valence-corrected chi connectivity index (χ3v) is 6.66. The van der Waals surface area contributed by atoms with Gasteiger partial charge in [-0.3, -0.25) is 4.79 Å². The van der Waals surface area contributed by atoms with E-state index in [0.717, 1.165) is 6.07 Å². The molecule has 15 heteroatoms. The number of amides is 1. The summed E-state index contributed by atoms with van der Waals surface area (Å²) in [5, 5.41) is 6.24. The van der Waals surface area contributed by atoms with Gasteiger partial charge in [0.2, 0.25) is 5.91 Å². The predicted octanol–water partition coefficient (Wildman–Crippen LogP) is 5.85. The van der Waals surface area contributed by atoms with E-state index in [1.165, 1.54) is 36.7 Å². The lowest BCUT2D eigenvalue weighted by Gasteiger charge is -2.35. The Morgan fingerprint density at radius 3 is 2.58 bits per heavy atom. The number of fused-ring (bicyclic) bond motifs is 1. The summed E-state index contributed by atoms with van der Waals surface area (Å²) in [6.07, 6.45) is -2.45. The number of nitrogens with one attached hydrogen (secondary N) is 2. The molecule has 12 nitrogen and oxygen atoms in total. The zero-order chi connectivity index (χ0) is 30.7. The van der Waals surface area contributed by atoms with Gasteiger partial charge in [0, 0.05) is 38.3 Å². The van der Waals surface area contributed by atoms with Crippen molar-refractivity contribution in [2.45, 2.75) is 13.3 Å². The molecule has 0 unspecified atom stereocenters. The second-order valence-corrected chi connectivity index (χ2v) is 9.50. The summed E-state index contributed by atoms with van der Waals surface area (Å²) in [6.45, 7) is 7.21. The van der Waals surface area contributed by atoms with Crippen LogP contribution in [0.3, 0.4) is 0 Å². The average Bonchev–Trinajstić information content (AvgIpc) is 2.99. The van der Waals surface area contributed by atoms with E-state index in [0.29, 0.717) is 48.6 Å². The summed E-state index contributed by atoms with van der Waals surface area (Å²) >= 11 is 0. The van der Waals surface area contributed by atoms with Crippen LogP contribution in [0.25, 0.3) is 11.0 Å². The van der Waals surface area contributed by atoms with Crippen LogP contribution in [0.5, 0.6) is 17.2 Å². The first-order valence-corrected chi connectivity index (χ1v) is 12.9. The lowest BCUT2D eigenvalue weighted by atomic mass is 10.1. The van der Waals surface area contributed by atoms with Crippen molar-refractivity contribution >= 4 is 45.6 Å². The number of aryl methyl sites for hydroxylation is 1. The van der Waals surface area contributed by atoms with Gasteiger partial charge in [0.25, 0.3) is 0 Å². The molecule has 3 heterocycles. The second-order valence-electron chi connectivity index (χ2n) is 9.50. The van der Waals surface area contributed by atoms with Gasteiger partial charge < -0.3 is 30.3 Å². The highest BCUT2D eigenvalue weighted by Gasteiger charge is 2.33. The van der Waals surface area contributed by atoms with Crippen LogP contribution < -0.4 is 25.4 Å². The van der Waals surface area contributed by atoms with Crippen LogP contribution in [-0.2, 0) is 4.79 Å². The molecule has 4 aromatic rings. The van der Waals surface area contributed by atoms with E-state index < -0.39 is 12.1 Å². The number of pyridine rings is 1. The molecule has 4 N–H and O–H groups in total. The normalized spacial score (nSPS) is 13.5. The first-order chi connectivity index (χ1) is 20.5. The first kappa shape index (κ1) is 29.0. The van der Waals surface area contributed by atoms with Crippen molar-refractivity contribution in [2.75, 3.05) is 42.1 Å². The minimum Gasteiger partial charge on any atom is -0.457 e. The molecule has 2 aromatic carbocycles. The van der Waals surface area contributed by atoms with Crippen molar-refractivity contribution in [1.82, 2.24) is 19.9 Å². The van der Waals surface area contributed by atoms with Crippen molar-refractivity contribution in [1.29, 1.82) is 5.53 Å². The number of anilines is 4. The van der Waals surface area contributed by atoms with Crippen LogP contribution in [0, 0.1) is 12.5 Å². The summed E-state index contributed by atoms with van der Waals surface area (Å²) < 4.78 is 50.5. The van der Waals surface area contributed by atoms with Crippen molar-refractivity contribution in [2.24, 2.45) is 5.11 Å². The van der Waals surface area contributed by atoms with Gasteiger partial charge in [-0.1, -0.05) is 6.58 Å². The number of nitrogens with zero attached hydrogens (tertiary/aromatic N) is 6. The Balaban J connectivity index is 1.47. The Labute approximate surface area is 243 Å². The largest absolute Gasteiger partial charge is 0.573 e. The molecule has 0 atom stereocenters. The van der Waals surface area contributed by atoms with E-state index in [-0.39, 0.29) is 40.3 Å². The number of benzene rings is 2. The van der Waals surface area contributed by atoms with E-state index >= 15 is 0 Å². The maximum Gasteiger partial charge on any atom is 0.573 e. The minimum absolute atomic E-state index is 0.0370. The Bertz CT molecular complexity index is 1710. The quantitative estimate of drug-likeness (QED) is 0.130. The van der Waals surface area contributed by atoms with Gasteiger partial charge >= 0.3 is 6.36 Å². The molecule has 0 aliphatic carbocycles. The monoisotopic (exact) mass is 593 g/mol.